The van der Waals surface area contributed by atoms with Gasteiger partial charge >= 0.3 is 12.1 Å². The van der Waals surface area contributed by atoms with Crippen LogP contribution in [0.1, 0.15) is 50.4 Å². The fourth-order valence-corrected chi connectivity index (χ4v) is 2.57. The first-order valence-corrected chi connectivity index (χ1v) is 9.77. The molecule has 11 nitrogen and oxygen atoms in total. The van der Waals surface area contributed by atoms with Gasteiger partial charge in [-0.3, -0.25) is 4.79 Å². The van der Waals surface area contributed by atoms with Crippen LogP contribution in [0.25, 0.3) is 11.4 Å². The van der Waals surface area contributed by atoms with E-state index in [0.717, 1.165) is 0 Å². The quantitative estimate of drug-likeness (QED) is 0.505. The van der Waals surface area contributed by atoms with E-state index in [-0.39, 0.29) is 12.3 Å². The van der Waals surface area contributed by atoms with Crippen LogP contribution < -0.4 is 10.6 Å². The molecule has 166 valence electrons. The maximum Gasteiger partial charge on any atom is 0.408 e. The van der Waals surface area contributed by atoms with E-state index < -0.39 is 23.7 Å². The lowest BCUT2D eigenvalue weighted by molar-refractivity contribution is -0.139. The van der Waals surface area contributed by atoms with Gasteiger partial charge in [0.1, 0.15) is 11.6 Å². The van der Waals surface area contributed by atoms with E-state index in [1.54, 1.807) is 45.0 Å². The molecule has 0 fully saturated rings. The van der Waals surface area contributed by atoms with Crippen molar-refractivity contribution >= 4 is 18.0 Å². The van der Waals surface area contributed by atoms with E-state index in [0.29, 0.717) is 36.3 Å². The van der Waals surface area contributed by atoms with E-state index in [2.05, 4.69) is 31.0 Å². The van der Waals surface area contributed by atoms with Gasteiger partial charge in [-0.25, -0.2) is 9.59 Å². The summed E-state index contributed by atoms with van der Waals surface area (Å²) in [5.74, 6) is -1.02. The molecule has 0 spiro atoms. The number of carbonyl (C=O) groups is 3. The summed E-state index contributed by atoms with van der Waals surface area (Å²) in [5.41, 5.74) is 0.447. The molecule has 1 atom stereocenters. The van der Waals surface area contributed by atoms with Gasteiger partial charge in [-0.05, 0) is 52.2 Å². The number of ether oxygens (including phenoxy) is 1. The minimum Gasteiger partial charge on any atom is -0.480 e. The molecule has 1 heterocycles. The van der Waals surface area contributed by atoms with Crippen LogP contribution in [-0.2, 0) is 9.53 Å². The molecule has 0 aliphatic heterocycles. The Bertz CT molecular complexity index is 883. The Hall–Kier alpha value is -3.63. The van der Waals surface area contributed by atoms with Crippen LogP contribution >= 0.6 is 0 Å². The van der Waals surface area contributed by atoms with Crippen LogP contribution in [0.4, 0.5) is 4.79 Å². The number of hydrogen-bond acceptors (Lipinski definition) is 8. The fraction of sp³-hybridized carbons (Fsp3) is 0.450. The van der Waals surface area contributed by atoms with E-state index in [4.69, 9.17) is 4.74 Å². The number of hydrogen-bond donors (Lipinski definition) is 3. The third-order valence-electron chi connectivity index (χ3n) is 4.01. The maximum atomic E-state index is 12.2. The molecule has 2 amide bonds. The number of unbranched alkanes of at least 4 members (excludes halogenated alkanes) is 1. The maximum absolute atomic E-state index is 12.2. The molecule has 0 saturated carbocycles. The van der Waals surface area contributed by atoms with Crippen LogP contribution in [0, 0.1) is 0 Å². The lowest BCUT2D eigenvalue weighted by atomic mass is 10.1. The standard InChI is InChI=1S/C20H26N6O5/c1-20(2,3)31-19(30)24-15(18(28)29)6-4-5-11-21-17(27)14-9-7-13(8-10-14)16-25-22-12-23-26-16/h7-10,12,15H,4-6,11H2,1-3H3,(H,21,27)(H,24,30)(H,28,29). The predicted octanol–water partition coefficient (Wildman–Crippen LogP) is 1.81. The Labute approximate surface area is 179 Å². The number of rotatable bonds is 9. The zero-order chi connectivity index (χ0) is 22.9. The largest absolute Gasteiger partial charge is 0.480 e. The van der Waals surface area contributed by atoms with Crippen LogP contribution in [-0.4, -0.2) is 61.7 Å². The summed E-state index contributed by atoms with van der Waals surface area (Å²) in [6.07, 6.45) is 1.73. The SMILES string of the molecule is CC(C)(C)OC(=O)NC(CCCCNC(=O)c1ccc(-c2nncnn2)cc1)C(=O)O. The first-order valence-electron chi connectivity index (χ1n) is 9.77. The number of aromatic nitrogens is 4. The monoisotopic (exact) mass is 430 g/mol. The Morgan fingerprint density at radius 1 is 1.06 bits per heavy atom. The molecule has 0 aliphatic rings. The van der Waals surface area contributed by atoms with Crippen LogP contribution in [0.15, 0.2) is 30.6 Å². The Balaban J connectivity index is 1.74. The lowest BCUT2D eigenvalue weighted by Crippen LogP contribution is -2.43. The lowest BCUT2D eigenvalue weighted by Gasteiger charge is -2.22. The summed E-state index contributed by atoms with van der Waals surface area (Å²) in [7, 11) is 0. The topological polar surface area (TPSA) is 156 Å². The normalized spacial score (nSPS) is 12.0. The minimum atomic E-state index is -1.14. The fourth-order valence-electron chi connectivity index (χ4n) is 2.57. The van der Waals surface area contributed by atoms with Gasteiger partial charge < -0.3 is 20.5 Å². The second-order valence-electron chi connectivity index (χ2n) is 7.74. The van der Waals surface area contributed by atoms with Crippen molar-refractivity contribution in [1.29, 1.82) is 0 Å². The number of carbonyl (C=O) groups excluding carboxylic acids is 2. The molecular weight excluding hydrogens is 404 g/mol. The summed E-state index contributed by atoms with van der Waals surface area (Å²) >= 11 is 0. The van der Waals surface area contributed by atoms with Gasteiger partial charge in [0.05, 0.1) is 0 Å². The van der Waals surface area contributed by atoms with Crippen LogP contribution in [0.5, 0.6) is 0 Å². The summed E-state index contributed by atoms with van der Waals surface area (Å²) in [6, 6.07) is 5.64. The molecule has 3 N–H and O–H groups in total. The van der Waals surface area contributed by atoms with E-state index >= 15 is 0 Å². The van der Waals surface area contributed by atoms with Crippen molar-refractivity contribution in [2.24, 2.45) is 0 Å². The molecule has 1 aromatic carbocycles. The summed E-state index contributed by atoms with van der Waals surface area (Å²) in [5, 5.41) is 29.4. The van der Waals surface area contributed by atoms with Gasteiger partial charge in [0, 0.05) is 17.7 Å². The number of benzene rings is 1. The zero-order valence-electron chi connectivity index (χ0n) is 17.7. The molecule has 0 bridgehead atoms. The zero-order valence-corrected chi connectivity index (χ0v) is 17.7. The third-order valence-corrected chi connectivity index (χ3v) is 4.01. The van der Waals surface area contributed by atoms with Crippen LogP contribution in [0.3, 0.4) is 0 Å². The van der Waals surface area contributed by atoms with E-state index in [1.807, 2.05) is 0 Å². The molecule has 1 unspecified atom stereocenters. The number of nitrogens with one attached hydrogen (secondary N) is 2. The molecule has 0 radical (unpaired) electrons. The Kier molecular flexibility index (Phi) is 8.35. The van der Waals surface area contributed by atoms with Crippen LogP contribution in [0.2, 0.25) is 0 Å². The molecule has 0 aliphatic carbocycles. The summed E-state index contributed by atoms with van der Waals surface area (Å²) in [4.78, 5) is 35.3. The molecule has 2 aromatic rings. The highest BCUT2D eigenvalue weighted by molar-refractivity contribution is 5.94. The highest BCUT2D eigenvalue weighted by Gasteiger charge is 2.23. The second-order valence-corrected chi connectivity index (χ2v) is 7.74. The van der Waals surface area contributed by atoms with Gasteiger partial charge in [-0.15, -0.1) is 20.4 Å². The average molecular weight is 430 g/mol. The Morgan fingerprint density at radius 2 is 1.71 bits per heavy atom. The minimum absolute atomic E-state index is 0.221. The van der Waals surface area contributed by atoms with Crippen molar-refractivity contribution in [3.63, 3.8) is 0 Å². The van der Waals surface area contributed by atoms with Crippen molar-refractivity contribution < 1.29 is 24.2 Å². The van der Waals surface area contributed by atoms with Crippen molar-refractivity contribution in [2.75, 3.05) is 6.54 Å². The van der Waals surface area contributed by atoms with Gasteiger partial charge in [-0.2, -0.15) is 0 Å². The van der Waals surface area contributed by atoms with Crippen molar-refractivity contribution in [3.05, 3.63) is 36.2 Å². The molecule has 2 rings (SSSR count). The van der Waals surface area contributed by atoms with Crippen molar-refractivity contribution in [2.45, 2.75) is 51.7 Å². The van der Waals surface area contributed by atoms with Crippen molar-refractivity contribution in [3.8, 4) is 11.4 Å². The highest BCUT2D eigenvalue weighted by atomic mass is 16.6. The number of nitrogens with zero attached hydrogens (tertiary/aromatic N) is 4. The number of carboxylic acid groups (broad SMARTS) is 1. The molecule has 11 heteroatoms. The third kappa shape index (κ3) is 8.33. The number of carboxylic acids is 1. The summed E-state index contributed by atoms with van der Waals surface area (Å²) < 4.78 is 5.08. The van der Waals surface area contributed by atoms with E-state index in [9.17, 15) is 19.5 Å². The average Bonchev–Trinajstić information content (AvgIpc) is 2.72. The number of amides is 2. The molecule has 31 heavy (non-hydrogen) atoms. The first-order chi connectivity index (χ1) is 14.7. The van der Waals surface area contributed by atoms with Gasteiger partial charge in [0.25, 0.3) is 5.91 Å². The number of alkyl carbamates (subject to hydrolysis) is 1. The van der Waals surface area contributed by atoms with Crippen molar-refractivity contribution in [1.82, 2.24) is 31.0 Å². The molecule has 0 saturated heterocycles. The van der Waals surface area contributed by atoms with E-state index in [1.165, 1.54) is 6.33 Å². The van der Waals surface area contributed by atoms with Gasteiger partial charge in [0.2, 0.25) is 5.82 Å². The highest BCUT2D eigenvalue weighted by Crippen LogP contribution is 2.14. The predicted molar refractivity (Wildman–Crippen MR) is 110 cm³/mol. The molecule has 1 aromatic heterocycles. The number of aliphatic carboxylic acids is 1. The summed E-state index contributed by atoms with van der Waals surface area (Å²) in [6.45, 7) is 5.46. The smallest absolute Gasteiger partial charge is 0.408 e. The molecular formula is C20H26N6O5. The van der Waals surface area contributed by atoms with Gasteiger partial charge in [0.15, 0.2) is 6.33 Å². The first kappa shape index (κ1) is 23.6. The van der Waals surface area contributed by atoms with Gasteiger partial charge in [-0.1, -0.05) is 12.1 Å². The second kappa shape index (κ2) is 11.0. The Morgan fingerprint density at radius 3 is 2.29 bits per heavy atom.